The van der Waals surface area contributed by atoms with Crippen LogP contribution in [0.1, 0.15) is 5.56 Å². The maximum Gasteiger partial charge on any atom is 0.140 e. The van der Waals surface area contributed by atoms with Crippen LogP contribution in [0.25, 0.3) is 11.4 Å². The summed E-state index contributed by atoms with van der Waals surface area (Å²) in [7, 11) is 0. The molecule has 0 fully saturated rings. The van der Waals surface area contributed by atoms with Crippen LogP contribution in [0.3, 0.4) is 0 Å². The predicted octanol–water partition coefficient (Wildman–Crippen LogP) is 4.48. The van der Waals surface area contributed by atoms with Crippen LogP contribution in [-0.2, 0) is 6.54 Å². The number of rotatable bonds is 3. The van der Waals surface area contributed by atoms with E-state index in [-0.39, 0.29) is 12.1 Å². The summed E-state index contributed by atoms with van der Waals surface area (Å²) in [4.78, 5) is 4.29. The number of imidazole rings is 1. The first kappa shape index (κ1) is 14.2. The normalized spacial score (nSPS) is 10.8. The Morgan fingerprint density at radius 1 is 1.00 bits per heavy atom. The molecule has 0 aliphatic heterocycles. The summed E-state index contributed by atoms with van der Waals surface area (Å²) in [5, 5.41) is 0. The molecule has 0 bridgehead atoms. The number of hydrogen-bond acceptors (Lipinski definition) is 1. The van der Waals surface area contributed by atoms with Crippen molar-refractivity contribution in [2.45, 2.75) is 6.54 Å². The largest absolute Gasteiger partial charge is 0.326 e. The second-order valence-electron chi connectivity index (χ2n) is 4.59. The second-order valence-corrected chi connectivity index (χ2v) is 5.83. The molecular weight excluding hydrogens is 385 g/mol. The Morgan fingerprint density at radius 3 is 2.33 bits per heavy atom. The zero-order valence-electron chi connectivity index (χ0n) is 10.9. The van der Waals surface area contributed by atoms with Gasteiger partial charge in [0.2, 0.25) is 0 Å². The smallest absolute Gasteiger partial charge is 0.140 e. The zero-order valence-corrected chi connectivity index (χ0v) is 13.1. The first-order chi connectivity index (χ1) is 10.1. The minimum atomic E-state index is -0.544. The lowest BCUT2D eigenvalue weighted by atomic mass is 10.1. The van der Waals surface area contributed by atoms with Crippen LogP contribution >= 0.6 is 22.6 Å². The summed E-state index contributed by atoms with van der Waals surface area (Å²) in [6, 6.07) is 11.7. The molecule has 0 amide bonds. The summed E-state index contributed by atoms with van der Waals surface area (Å²) < 4.78 is 30.4. The van der Waals surface area contributed by atoms with Gasteiger partial charge < -0.3 is 4.57 Å². The molecule has 3 aromatic rings. The van der Waals surface area contributed by atoms with Crippen LogP contribution in [0.2, 0.25) is 0 Å². The van der Waals surface area contributed by atoms with Gasteiger partial charge in [0.25, 0.3) is 0 Å². The van der Waals surface area contributed by atoms with Crippen molar-refractivity contribution in [2.24, 2.45) is 0 Å². The fourth-order valence-electron chi connectivity index (χ4n) is 2.15. The van der Waals surface area contributed by atoms with Gasteiger partial charge in [0.1, 0.15) is 17.5 Å². The Labute approximate surface area is 134 Å². The third-order valence-electron chi connectivity index (χ3n) is 3.21. The van der Waals surface area contributed by atoms with Crippen LogP contribution in [0.4, 0.5) is 8.78 Å². The van der Waals surface area contributed by atoms with Crippen LogP contribution in [-0.4, -0.2) is 9.55 Å². The van der Waals surface area contributed by atoms with Gasteiger partial charge in [0.15, 0.2) is 0 Å². The Bertz CT molecular complexity index is 746. The van der Waals surface area contributed by atoms with Crippen molar-refractivity contribution in [3.8, 4) is 11.4 Å². The third-order valence-corrected chi connectivity index (χ3v) is 3.93. The fourth-order valence-corrected chi connectivity index (χ4v) is 2.51. The maximum absolute atomic E-state index is 13.8. The summed E-state index contributed by atoms with van der Waals surface area (Å²) in [5.41, 5.74) is 0.958. The highest BCUT2D eigenvalue weighted by atomic mass is 127. The van der Waals surface area contributed by atoms with E-state index in [4.69, 9.17) is 0 Å². The van der Waals surface area contributed by atoms with Gasteiger partial charge >= 0.3 is 0 Å². The first-order valence-electron chi connectivity index (χ1n) is 6.35. The number of nitrogens with zero attached hydrogens (tertiary/aromatic N) is 2. The SMILES string of the molecule is Fc1cccc(F)c1Cn1ccnc1-c1ccc(I)cc1. The molecule has 0 saturated heterocycles. The minimum absolute atomic E-state index is 0.0438. The van der Waals surface area contributed by atoms with Crippen molar-refractivity contribution in [1.29, 1.82) is 0 Å². The topological polar surface area (TPSA) is 17.8 Å². The van der Waals surface area contributed by atoms with Crippen molar-refractivity contribution in [3.63, 3.8) is 0 Å². The lowest BCUT2D eigenvalue weighted by Gasteiger charge is -2.10. The Balaban J connectivity index is 1.98. The monoisotopic (exact) mass is 396 g/mol. The van der Waals surface area contributed by atoms with Crippen LogP contribution < -0.4 is 0 Å². The third kappa shape index (κ3) is 2.97. The highest BCUT2D eigenvalue weighted by molar-refractivity contribution is 14.1. The Hall–Kier alpha value is -1.76. The van der Waals surface area contributed by atoms with Crippen LogP contribution in [0, 0.1) is 15.2 Å². The van der Waals surface area contributed by atoms with Gasteiger partial charge in [-0.05, 0) is 46.9 Å². The quantitative estimate of drug-likeness (QED) is 0.597. The summed E-state index contributed by atoms with van der Waals surface area (Å²) >= 11 is 2.22. The highest BCUT2D eigenvalue weighted by Crippen LogP contribution is 2.21. The number of aromatic nitrogens is 2. The van der Waals surface area contributed by atoms with E-state index in [1.54, 1.807) is 17.0 Å². The standard InChI is InChI=1S/C16H11F2IN2/c17-14-2-1-3-15(18)13(14)10-21-9-8-20-16(21)11-4-6-12(19)7-5-11/h1-9H,10H2. The average Bonchev–Trinajstić information content (AvgIpc) is 2.92. The van der Waals surface area contributed by atoms with Gasteiger partial charge in [-0.3, -0.25) is 0 Å². The molecule has 2 nitrogen and oxygen atoms in total. The van der Waals surface area contributed by atoms with E-state index >= 15 is 0 Å². The van der Waals surface area contributed by atoms with Gasteiger partial charge in [-0.2, -0.15) is 0 Å². The van der Waals surface area contributed by atoms with E-state index in [2.05, 4.69) is 27.6 Å². The van der Waals surface area contributed by atoms with E-state index in [0.29, 0.717) is 5.82 Å². The molecule has 1 aromatic heterocycles. The lowest BCUT2D eigenvalue weighted by Crippen LogP contribution is -2.05. The molecule has 0 saturated carbocycles. The lowest BCUT2D eigenvalue weighted by molar-refractivity contribution is 0.545. The van der Waals surface area contributed by atoms with Crippen LogP contribution in [0.15, 0.2) is 54.9 Å². The molecule has 0 unspecified atom stereocenters. The molecule has 21 heavy (non-hydrogen) atoms. The molecule has 5 heteroatoms. The van der Waals surface area contributed by atoms with E-state index < -0.39 is 11.6 Å². The number of halogens is 3. The molecule has 0 aliphatic rings. The average molecular weight is 396 g/mol. The molecule has 0 N–H and O–H groups in total. The number of hydrogen-bond donors (Lipinski definition) is 0. The predicted molar refractivity (Wildman–Crippen MR) is 85.8 cm³/mol. The van der Waals surface area contributed by atoms with Gasteiger partial charge in [-0.1, -0.05) is 18.2 Å². The fraction of sp³-hybridized carbons (Fsp3) is 0.0625. The summed E-state index contributed by atoms with van der Waals surface area (Å²) in [5.74, 6) is -0.399. The van der Waals surface area contributed by atoms with E-state index in [0.717, 1.165) is 9.13 Å². The van der Waals surface area contributed by atoms with Crippen molar-refractivity contribution in [3.05, 3.63) is 75.6 Å². The van der Waals surface area contributed by atoms with Crippen molar-refractivity contribution in [1.82, 2.24) is 9.55 Å². The van der Waals surface area contributed by atoms with Crippen LogP contribution in [0.5, 0.6) is 0 Å². The Morgan fingerprint density at radius 2 is 1.67 bits per heavy atom. The van der Waals surface area contributed by atoms with Gasteiger partial charge in [-0.25, -0.2) is 13.8 Å². The Kier molecular flexibility index (Phi) is 4.01. The molecular formula is C16H11F2IN2. The minimum Gasteiger partial charge on any atom is -0.326 e. The molecule has 0 atom stereocenters. The maximum atomic E-state index is 13.8. The van der Waals surface area contributed by atoms with Gasteiger partial charge in [0.05, 0.1) is 6.54 Å². The van der Waals surface area contributed by atoms with E-state index in [9.17, 15) is 8.78 Å². The molecule has 2 aromatic carbocycles. The van der Waals surface area contributed by atoms with Gasteiger partial charge in [-0.15, -0.1) is 0 Å². The highest BCUT2D eigenvalue weighted by Gasteiger charge is 2.12. The van der Waals surface area contributed by atoms with Gasteiger partial charge in [0, 0.05) is 27.1 Å². The molecule has 0 radical (unpaired) electrons. The molecule has 106 valence electrons. The molecule has 3 rings (SSSR count). The van der Waals surface area contributed by atoms with Crippen molar-refractivity contribution >= 4 is 22.6 Å². The molecule has 0 aliphatic carbocycles. The summed E-state index contributed by atoms with van der Waals surface area (Å²) in [6.45, 7) is 0.111. The zero-order chi connectivity index (χ0) is 14.8. The number of benzene rings is 2. The van der Waals surface area contributed by atoms with Crippen molar-refractivity contribution < 1.29 is 8.78 Å². The summed E-state index contributed by atoms with van der Waals surface area (Å²) in [6.07, 6.45) is 3.35. The van der Waals surface area contributed by atoms with E-state index in [1.165, 1.54) is 18.2 Å². The first-order valence-corrected chi connectivity index (χ1v) is 7.43. The second kappa shape index (κ2) is 5.93. The van der Waals surface area contributed by atoms with E-state index in [1.807, 2.05) is 24.3 Å². The molecule has 1 heterocycles. The van der Waals surface area contributed by atoms with Crippen molar-refractivity contribution in [2.75, 3.05) is 0 Å². The molecule has 0 spiro atoms.